The second-order valence-electron chi connectivity index (χ2n) is 2.94. The molecule has 0 aliphatic carbocycles. The average Bonchev–Trinajstić information content (AvgIpc) is 2.18. The van der Waals surface area contributed by atoms with Crippen LogP contribution in [0.2, 0.25) is 0 Å². The Balaban J connectivity index is 2.73. The Hall–Kier alpha value is -1.27. The van der Waals surface area contributed by atoms with Crippen LogP contribution in [0, 0.1) is 0 Å². The van der Waals surface area contributed by atoms with Gasteiger partial charge in [0.05, 0.1) is 12.9 Å². The minimum Gasteiger partial charge on any atom is -0.497 e. The van der Waals surface area contributed by atoms with Gasteiger partial charge in [-0.2, -0.15) is 0 Å². The van der Waals surface area contributed by atoms with Crippen molar-refractivity contribution in [1.82, 2.24) is 0 Å². The van der Waals surface area contributed by atoms with Crippen LogP contribution < -0.4 is 15.2 Å². The van der Waals surface area contributed by atoms with E-state index in [4.69, 9.17) is 10.5 Å². The Morgan fingerprint density at radius 1 is 1.33 bits per heavy atom. The first-order chi connectivity index (χ1) is 7.07. The van der Waals surface area contributed by atoms with E-state index in [-0.39, 0.29) is 12.3 Å². The highest BCUT2D eigenvalue weighted by Gasteiger charge is 2.08. The predicted octanol–water partition coefficient (Wildman–Crippen LogP) is 0.396. The summed E-state index contributed by atoms with van der Waals surface area (Å²) in [7, 11) is -1.77. The van der Waals surface area contributed by atoms with Crippen molar-refractivity contribution < 1.29 is 13.2 Å². The summed E-state index contributed by atoms with van der Waals surface area (Å²) in [6, 6.07) is 6.63. The number of nitrogens with two attached hydrogens (primary N) is 1. The molecule has 0 aromatic heterocycles. The van der Waals surface area contributed by atoms with Crippen LogP contribution in [0.5, 0.6) is 5.75 Å². The molecule has 0 aliphatic heterocycles. The van der Waals surface area contributed by atoms with Crippen molar-refractivity contribution >= 4 is 15.7 Å². The molecular weight excluding hydrogens is 216 g/mol. The maximum absolute atomic E-state index is 11.3. The molecule has 15 heavy (non-hydrogen) atoms. The van der Waals surface area contributed by atoms with Crippen LogP contribution in [-0.4, -0.2) is 27.8 Å². The van der Waals surface area contributed by atoms with E-state index >= 15 is 0 Å². The van der Waals surface area contributed by atoms with Crippen LogP contribution in [0.25, 0.3) is 0 Å². The van der Waals surface area contributed by atoms with Gasteiger partial charge in [0.25, 0.3) is 0 Å². The number of benzene rings is 1. The third kappa shape index (κ3) is 3.77. The normalized spacial score (nSPS) is 11.1. The van der Waals surface area contributed by atoms with Crippen molar-refractivity contribution in [2.45, 2.75) is 0 Å². The zero-order valence-corrected chi connectivity index (χ0v) is 9.25. The van der Waals surface area contributed by atoms with Gasteiger partial charge in [-0.15, -0.1) is 0 Å². The molecule has 0 saturated carbocycles. The number of anilines is 1. The fourth-order valence-electron chi connectivity index (χ4n) is 1.04. The Morgan fingerprint density at radius 3 is 2.40 bits per heavy atom. The molecule has 0 heterocycles. The van der Waals surface area contributed by atoms with Crippen molar-refractivity contribution in [2.75, 3.05) is 24.1 Å². The molecular formula is C9H14N2O3S. The Morgan fingerprint density at radius 2 is 1.93 bits per heavy atom. The Kier molecular flexibility index (Phi) is 3.93. The maximum Gasteiger partial charge on any atom is 0.233 e. The molecule has 0 aliphatic rings. The largest absolute Gasteiger partial charge is 0.497 e. The van der Waals surface area contributed by atoms with Gasteiger partial charge in [-0.05, 0) is 24.3 Å². The lowest BCUT2D eigenvalue weighted by atomic mass is 10.3. The first-order valence-corrected chi connectivity index (χ1v) is 6.07. The van der Waals surface area contributed by atoms with E-state index < -0.39 is 10.0 Å². The highest BCUT2D eigenvalue weighted by molar-refractivity contribution is 7.92. The molecule has 84 valence electrons. The highest BCUT2D eigenvalue weighted by Crippen LogP contribution is 2.15. The number of hydrogen-bond donors (Lipinski definition) is 2. The summed E-state index contributed by atoms with van der Waals surface area (Å²) >= 11 is 0. The molecule has 0 radical (unpaired) electrons. The van der Waals surface area contributed by atoms with Gasteiger partial charge in [0, 0.05) is 12.2 Å². The summed E-state index contributed by atoms with van der Waals surface area (Å²) in [6.07, 6.45) is 0. The van der Waals surface area contributed by atoms with E-state index in [9.17, 15) is 8.42 Å². The number of hydrogen-bond acceptors (Lipinski definition) is 4. The number of ether oxygens (including phenoxy) is 1. The van der Waals surface area contributed by atoms with Crippen LogP contribution in [0.3, 0.4) is 0 Å². The lowest BCUT2D eigenvalue weighted by Crippen LogP contribution is -2.22. The van der Waals surface area contributed by atoms with Gasteiger partial charge in [0.2, 0.25) is 10.0 Å². The summed E-state index contributed by atoms with van der Waals surface area (Å²) in [5.41, 5.74) is 5.68. The quantitative estimate of drug-likeness (QED) is 0.767. The van der Waals surface area contributed by atoms with E-state index in [0.717, 1.165) is 0 Å². The van der Waals surface area contributed by atoms with Gasteiger partial charge in [0.1, 0.15) is 5.75 Å². The predicted molar refractivity (Wildman–Crippen MR) is 59.5 cm³/mol. The van der Waals surface area contributed by atoms with Crippen LogP contribution in [0.15, 0.2) is 24.3 Å². The van der Waals surface area contributed by atoms with Crippen LogP contribution in [0.4, 0.5) is 5.69 Å². The van der Waals surface area contributed by atoms with Crippen molar-refractivity contribution in [3.05, 3.63) is 24.3 Å². The van der Waals surface area contributed by atoms with E-state index in [0.29, 0.717) is 11.4 Å². The molecule has 0 bridgehead atoms. The van der Waals surface area contributed by atoms with E-state index in [1.54, 1.807) is 31.4 Å². The minimum atomic E-state index is -3.32. The molecule has 0 amide bonds. The zero-order chi connectivity index (χ0) is 11.3. The van der Waals surface area contributed by atoms with Crippen LogP contribution in [0.1, 0.15) is 0 Å². The zero-order valence-electron chi connectivity index (χ0n) is 8.43. The molecule has 1 aromatic rings. The second kappa shape index (κ2) is 4.99. The molecule has 5 nitrogen and oxygen atoms in total. The maximum atomic E-state index is 11.3. The van der Waals surface area contributed by atoms with Gasteiger partial charge < -0.3 is 10.5 Å². The fraction of sp³-hybridized carbons (Fsp3) is 0.333. The highest BCUT2D eigenvalue weighted by atomic mass is 32.2. The lowest BCUT2D eigenvalue weighted by molar-refractivity contribution is 0.415. The van der Waals surface area contributed by atoms with E-state index in [2.05, 4.69) is 4.72 Å². The Bertz CT molecular complexity index is 400. The molecule has 0 saturated heterocycles. The van der Waals surface area contributed by atoms with Crippen molar-refractivity contribution in [3.63, 3.8) is 0 Å². The number of rotatable bonds is 5. The second-order valence-corrected chi connectivity index (χ2v) is 4.78. The van der Waals surface area contributed by atoms with Crippen LogP contribution in [-0.2, 0) is 10.0 Å². The van der Waals surface area contributed by atoms with Gasteiger partial charge in [-0.1, -0.05) is 0 Å². The van der Waals surface area contributed by atoms with Gasteiger partial charge in [-0.3, -0.25) is 4.72 Å². The summed E-state index contributed by atoms with van der Waals surface area (Å²) in [4.78, 5) is 0. The van der Waals surface area contributed by atoms with Crippen molar-refractivity contribution in [1.29, 1.82) is 0 Å². The van der Waals surface area contributed by atoms with Gasteiger partial charge >= 0.3 is 0 Å². The van der Waals surface area contributed by atoms with E-state index in [1.807, 2.05) is 0 Å². The average molecular weight is 230 g/mol. The van der Waals surface area contributed by atoms with Gasteiger partial charge in [-0.25, -0.2) is 8.42 Å². The number of sulfonamides is 1. The molecule has 1 rings (SSSR count). The third-order valence-electron chi connectivity index (χ3n) is 1.75. The Labute approximate surface area is 89.3 Å². The molecule has 0 spiro atoms. The summed E-state index contributed by atoms with van der Waals surface area (Å²) < 4.78 is 30.0. The van der Waals surface area contributed by atoms with Crippen LogP contribution >= 0.6 is 0 Å². The molecule has 0 atom stereocenters. The molecule has 0 unspecified atom stereocenters. The monoisotopic (exact) mass is 230 g/mol. The third-order valence-corrected chi connectivity index (χ3v) is 3.07. The smallest absolute Gasteiger partial charge is 0.233 e. The molecule has 3 N–H and O–H groups in total. The SMILES string of the molecule is COc1ccc(NS(=O)(=O)CCN)cc1. The molecule has 6 heteroatoms. The fourth-order valence-corrected chi connectivity index (χ4v) is 1.95. The van der Waals surface area contributed by atoms with Gasteiger partial charge in [0.15, 0.2) is 0 Å². The summed E-state index contributed by atoms with van der Waals surface area (Å²) in [5.74, 6) is 0.593. The minimum absolute atomic E-state index is 0.0843. The summed E-state index contributed by atoms with van der Waals surface area (Å²) in [6.45, 7) is 0.103. The van der Waals surface area contributed by atoms with Crippen molar-refractivity contribution in [2.24, 2.45) is 5.73 Å². The number of methoxy groups -OCH3 is 1. The van der Waals surface area contributed by atoms with E-state index in [1.165, 1.54) is 0 Å². The topological polar surface area (TPSA) is 81.4 Å². The number of nitrogens with one attached hydrogen (secondary N) is 1. The first kappa shape index (κ1) is 11.8. The molecule has 0 fully saturated rings. The lowest BCUT2D eigenvalue weighted by Gasteiger charge is -2.07. The first-order valence-electron chi connectivity index (χ1n) is 4.42. The summed E-state index contributed by atoms with van der Waals surface area (Å²) in [5, 5.41) is 0. The standard InChI is InChI=1S/C9H14N2O3S/c1-14-9-4-2-8(3-5-9)11-15(12,13)7-6-10/h2-5,11H,6-7,10H2,1H3. The molecule has 1 aromatic carbocycles. The van der Waals surface area contributed by atoms with Crippen molar-refractivity contribution in [3.8, 4) is 5.75 Å².